The van der Waals surface area contributed by atoms with Crippen LogP contribution < -0.4 is 0 Å². The molecule has 0 aliphatic heterocycles. The van der Waals surface area contributed by atoms with Crippen LogP contribution >= 0.6 is 0 Å². The van der Waals surface area contributed by atoms with Crippen LogP contribution in [0.3, 0.4) is 0 Å². The summed E-state index contributed by atoms with van der Waals surface area (Å²) in [6, 6.07) is 0. The molecule has 1 N–H and O–H groups in total. The van der Waals surface area contributed by atoms with Gasteiger partial charge < -0.3 is 5.11 Å². The minimum absolute atomic E-state index is 0.685. The van der Waals surface area contributed by atoms with Crippen molar-refractivity contribution in [3.63, 3.8) is 0 Å². The predicted octanol–water partition coefficient (Wildman–Crippen LogP) is 2.31. The van der Waals surface area contributed by atoms with Crippen molar-refractivity contribution in [2.24, 2.45) is 5.41 Å². The van der Waals surface area contributed by atoms with Crippen LogP contribution in [0.2, 0.25) is 0 Å². The molecule has 0 heterocycles. The molecule has 66 valence electrons. The van der Waals surface area contributed by atoms with Crippen molar-refractivity contribution in [2.45, 2.75) is 39.5 Å². The maximum Gasteiger partial charge on any atom is 0.133 e. The first kappa shape index (κ1) is 10.6. The van der Waals surface area contributed by atoms with Crippen molar-refractivity contribution < 1.29 is 9.50 Å². The van der Waals surface area contributed by atoms with E-state index in [1.54, 1.807) is 20.8 Å². The molecule has 0 aromatic carbocycles. The average molecular weight is 160 g/mol. The lowest BCUT2D eigenvalue weighted by atomic mass is 9.73. The van der Waals surface area contributed by atoms with Crippen LogP contribution in [0.4, 0.5) is 4.39 Å². The first-order valence-corrected chi connectivity index (χ1v) is 3.76. The fourth-order valence-electron chi connectivity index (χ4n) is 0.671. The van der Waals surface area contributed by atoms with Gasteiger partial charge in [0.25, 0.3) is 0 Å². The zero-order valence-corrected chi connectivity index (χ0v) is 7.69. The molecule has 2 unspecified atom stereocenters. The fraction of sp³-hybridized carbons (Fsp3) is 0.778. The van der Waals surface area contributed by atoms with Crippen LogP contribution in [-0.4, -0.2) is 16.9 Å². The van der Waals surface area contributed by atoms with Gasteiger partial charge in [0.05, 0.1) is 6.10 Å². The van der Waals surface area contributed by atoms with Gasteiger partial charge in [-0.15, -0.1) is 0 Å². The molecule has 0 aliphatic carbocycles. The smallest absolute Gasteiger partial charge is 0.133 e. The van der Waals surface area contributed by atoms with Gasteiger partial charge in [-0.2, -0.15) is 0 Å². The van der Waals surface area contributed by atoms with Crippen molar-refractivity contribution >= 4 is 0 Å². The zero-order valence-electron chi connectivity index (χ0n) is 7.69. The van der Waals surface area contributed by atoms with E-state index in [1.807, 2.05) is 0 Å². The Hall–Kier alpha value is -0.370. The summed E-state index contributed by atoms with van der Waals surface area (Å²) in [6.07, 6.45) is 0.551. The molecule has 0 aromatic rings. The maximum atomic E-state index is 13.6. The second-order valence-corrected chi connectivity index (χ2v) is 3.68. The number of rotatable bonds is 3. The summed E-state index contributed by atoms with van der Waals surface area (Å²) < 4.78 is 13.6. The van der Waals surface area contributed by atoms with Gasteiger partial charge in [0.2, 0.25) is 0 Å². The standard InChI is InChI=1S/C9H17FO/c1-6-9(5,10)8(3,4)7(2)11/h6-7,11H,1H2,2-5H3. The SMILES string of the molecule is C=CC(C)(F)C(C)(C)C(C)O. The normalized spacial score (nSPS) is 20.5. The lowest BCUT2D eigenvalue weighted by molar-refractivity contribution is -0.0289. The van der Waals surface area contributed by atoms with Gasteiger partial charge in [0.15, 0.2) is 0 Å². The van der Waals surface area contributed by atoms with Crippen LogP contribution in [0.15, 0.2) is 12.7 Å². The number of hydrogen-bond donors (Lipinski definition) is 1. The van der Waals surface area contributed by atoms with E-state index < -0.39 is 17.2 Å². The number of alkyl halides is 1. The number of aliphatic hydroxyl groups excluding tert-OH is 1. The summed E-state index contributed by atoms with van der Waals surface area (Å²) in [7, 11) is 0. The average Bonchev–Trinajstić information content (AvgIpc) is 1.87. The molecule has 0 rings (SSSR count). The summed E-state index contributed by atoms with van der Waals surface area (Å²) in [4.78, 5) is 0. The number of halogens is 1. The Morgan fingerprint density at radius 2 is 1.82 bits per heavy atom. The molecule has 2 atom stereocenters. The van der Waals surface area contributed by atoms with Crippen LogP contribution in [0.25, 0.3) is 0 Å². The van der Waals surface area contributed by atoms with Crippen molar-refractivity contribution in [3.05, 3.63) is 12.7 Å². The summed E-state index contributed by atoms with van der Waals surface area (Å²) >= 11 is 0. The first-order valence-electron chi connectivity index (χ1n) is 3.76. The molecule has 0 aliphatic rings. The predicted molar refractivity (Wildman–Crippen MR) is 45.2 cm³/mol. The fourth-order valence-corrected chi connectivity index (χ4v) is 0.671. The van der Waals surface area contributed by atoms with E-state index in [1.165, 1.54) is 13.0 Å². The third-order valence-electron chi connectivity index (χ3n) is 2.69. The Bertz CT molecular complexity index is 148. The Kier molecular flexibility index (Phi) is 2.84. The molecule has 0 amide bonds. The summed E-state index contributed by atoms with van der Waals surface area (Å²) in [5.74, 6) is 0. The highest BCUT2D eigenvalue weighted by molar-refractivity contribution is 5.04. The van der Waals surface area contributed by atoms with Gasteiger partial charge in [-0.1, -0.05) is 26.5 Å². The lowest BCUT2D eigenvalue weighted by Crippen LogP contribution is -2.43. The second-order valence-electron chi connectivity index (χ2n) is 3.68. The number of aliphatic hydroxyl groups is 1. The van der Waals surface area contributed by atoms with Crippen LogP contribution in [0.1, 0.15) is 27.7 Å². The highest BCUT2D eigenvalue weighted by Crippen LogP contribution is 2.38. The highest BCUT2D eigenvalue weighted by atomic mass is 19.1. The first-order chi connectivity index (χ1) is 4.75. The van der Waals surface area contributed by atoms with Crippen molar-refractivity contribution in [2.75, 3.05) is 0 Å². The molecule has 2 heteroatoms. The highest BCUT2D eigenvalue weighted by Gasteiger charge is 2.42. The minimum atomic E-state index is -1.53. The molecule has 0 aromatic heterocycles. The van der Waals surface area contributed by atoms with E-state index in [0.29, 0.717) is 0 Å². The third kappa shape index (κ3) is 1.80. The van der Waals surface area contributed by atoms with Gasteiger partial charge in [-0.05, 0) is 13.8 Å². The Labute approximate surface area is 67.9 Å². The molecule has 11 heavy (non-hydrogen) atoms. The largest absolute Gasteiger partial charge is 0.393 e. The summed E-state index contributed by atoms with van der Waals surface area (Å²) in [5, 5.41) is 9.26. The summed E-state index contributed by atoms with van der Waals surface area (Å²) in [5.41, 5.74) is -2.31. The topological polar surface area (TPSA) is 20.2 Å². The van der Waals surface area contributed by atoms with Gasteiger partial charge in [-0.3, -0.25) is 0 Å². The monoisotopic (exact) mass is 160 g/mol. The van der Waals surface area contributed by atoms with E-state index in [4.69, 9.17) is 0 Å². The Morgan fingerprint density at radius 1 is 1.45 bits per heavy atom. The van der Waals surface area contributed by atoms with Crippen molar-refractivity contribution in [3.8, 4) is 0 Å². The number of hydrogen-bond acceptors (Lipinski definition) is 1. The molecule has 0 radical (unpaired) electrons. The molecular formula is C9H17FO. The lowest BCUT2D eigenvalue weighted by Gasteiger charge is -2.37. The van der Waals surface area contributed by atoms with E-state index in [-0.39, 0.29) is 0 Å². The van der Waals surface area contributed by atoms with Gasteiger partial charge in [-0.25, -0.2) is 4.39 Å². The van der Waals surface area contributed by atoms with E-state index in [0.717, 1.165) is 0 Å². The Morgan fingerprint density at radius 3 is 1.91 bits per heavy atom. The molecule has 0 spiro atoms. The minimum Gasteiger partial charge on any atom is -0.393 e. The van der Waals surface area contributed by atoms with Crippen molar-refractivity contribution in [1.29, 1.82) is 0 Å². The zero-order chi connectivity index (χ0) is 9.28. The van der Waals surface area contributed by atoms with Crippen LogP contribution in [-0.2, 0) is 0 Å². The quantitative estimate of drug-likeness (QED) is 0.628. The van der Waals surface area contributed by atoms with Crippen LogP contribution in [0, 0.1) is 5.41 Å². The Balaban J connectivity index is 4.66. The molecule has 0 bridgehead atoms. The van der Waals surface area contributed by atoms with Crippen molar-refractivity contribution in [1.82, 2.24) is 0 Å². The molecule has 0 saturated heterocycles. The second kappa shape index (κ2) is 2.94. The van der Waals surface area contributed by atoms with E-state index in [9.17, 15) is 9.50 Å². The van der Waals surface area contributed by atoms with E-state index >= 15 is 0 Å². The van der Waals surface area contributed by atoms with Crippen LogP contribution in [0.5, 0.6) is 0 Å². The maximum absolute atomic E-state index is 13.6. The molecular weight excluding hydrogens is 143 g/mol. The summed E-state index contributed by atoms with van der Waals surface area (Å²) in [6.45, 7) is 9.76. The third-order valence-corrected chi connectivity index (χ3v) is 2.69. The number of allylic oxidation sites excluding steroid dienone is 1. The van der Waals surface area contributed by atoms with E-state index in [2.05, 4.69) is 6.58 Å². The molecule has 0 saturated carbocycles. The van der Waals surface area contributed by atoms with Gasteiger partial charge in [0, 0.05) is 5.41 Å². The van der Waals surface area contributed by atoms with Gasteiger partial charge >= 0.3 is 0 Å². The molecule has 1 nitrogen and oxygen atoms in total. The van der Waals surface area contributed by atoms with Gasteiger partial charge in [0.1, 0.15) is 5.67 Å². The molecule has 0 fully saturated rings.